The average molecular weight is 414 g/mol. The molecule has 156 valence electrons. The van der Waals surface area contributed by atoms with Crippen molar-refractivity contribution in [1.82, 2.24) is 9.88 Å². The van der Waals surface area contributed by atoms with Crippen LogP contribution in [-0.2, 0) is 14.9 Å². The van der Waals surface area contributed by atoms with Crippen LogP contribution in [0.2, 0.25) is 0 Å². The molecule has 2 aliphatic rings. The summed E-state index contributed by atoms with van der Waals surface area (Å²) in [6.07, 6.45) is 4.71. The molecule has 3 heterocycles. The molecule has 2 saturated heterocycles. The van der Waals surface area contributed by atoms with Crippen molar-refractivity contribution in [2.24, 2.45) is 0 Å². The number of carbonyl (C=O) groups excluding carboxylic acids is 1. The number of nitrogens with one attached hydrogen (secondary N) is 1. The maximum atomic E-state index is 13.2. The molecule has 0 bridgehead atoms. The van der Waals surface area contributed by atoms with E-state index in [-0.39, 0.29) is 11.3 Å². The summed E-state index contributed by atoms with van der Waals surface area (Å²) in [4.78, 5) is 20.2. The Hall–Kier alpha value is -1.92. The summed E-state index contributed by atoms with van der Waals surface area (Å²) < 4.78 is 5.92. The van der Waals surface area contributed by atoms with Crippen LogP contribution >= 0.6 is 11.3 Å². The van der Waals surface area contributed by atoms with Crippen molar-refractivity contribution in [1.29, 1.82) is 0 Å². The van der Waals surface area contributed by atoms with Crippen LogP contribution in [0.5, 0.6) is 0 Å². The molecule has 1 atom stereocenters. The fourth-order valence-electron chi connectivity index (χ4n) is 4.70. The fraction of sp³-hybridized carbons (Fsp3) is 0.565. The van der Waals surface area contributed by atoms with Crippen LogP contribution in [0.1, 0.15) is 57.2 Å². The monoisotopic (exact) mass is 413 g/mol. The molecule has 2 aromatic rings. The second kappa shape index (κ2) is 8.44. The molecule has 2 aliphatic heterocycles. The van der Waals surface area contributed by atoms with Gasteiger partial charge in [-0.2, -0.15) is 0 Å². The number of piperidine rings is 1. The van der Waals surface area contributed by atoms with Gasteiger partial charge < -0.3 is 15.0 Å². The third-order valence-electron chi connectivity index (χ3n) is 6.47. The molecule has 6 heteroatoms. The lowest BCUT2D eigenvalue weighted by atomic mass is 9.70. The van der Waals surface area contributed by atoms with Gasteiger partial charge in [-0.3, -0.25) is 4.79 Å². The van der Waals surface area contributed by atoms with Crippen LogP contribution in [0.4, 0.5) is 5.13 Å². The van der Waals surface area contributed by atoms with Crippen molar-refractivity contribution in [2.45, 2.75) is 57.0 Å². The molecule has 1 amide bonds. The number of hydrogen-bond acceptors (Lipinski definition) is 5. The van der Waals surface area contributed by atoms with Crippen LogP contribution in [0.3, 0.4) is 0 Å². The molecule has 0 spiro atoms. The minimum atomic E-state index is -0.649. The molecule has 2 fully saturated rings. The van der Waals surface area contributed by atoms with Gasteiger partial charge in [-0.1, -0.05) is 30.3 Å². The van der Waals surface area contributed by atoms with Gasteiger partial charge >= 0.3 is 0 Å². The van der Waals surface area contributed by atoms with E-state index in [4.69, 9.17) is 9.72 Å². The first kappa shape index (κ1) is 20.4. The van der Waals surface area contributed by atoms with E-state index in [0.717, 1.165) is 62.6 Å². The van der Waals surface area contributed by atoms with Gasteiger partial charge in [-0.05, 0) is 51.5 Å². The van der Waals surface area contributed by atoms with Gasteiger partial charge in [0, 0.05) is 37.0 Å². The molecular weight excluding hydrogens is 382 g/mol. The highest BCUT2D eigenvalue weighted by Gasteiger charge is 2.45. The number of ether oxygens (including phenoxy) is 1. The van der Waals surface area contributed by atoms with Crippen molar-refractivity contribution in [3.05, 3.63) is 47.0 Å². The van der Waals surface area contributed by atoms with E-state index in [1.807, 2.05) is 11.8 Å². The summed E-state index contributed by atoms with van der Waals surface area (Å²) in [5.74, 6) is 0.158. The van der Waals surface area contributed by atoms with E-state index in [9.17, 15) is 4.79 Å². The van der Waals surface area contributed by atoms with Crippen molar-refractivity contribution >= 4 is 22.4 Å². The number of carbonyl (C=O) groups is 1. The summed E-state index contributed by atoms with van der Waals surface area (Å²) in [5, 5.41) is 6.50. The van der Waals surface area contributed by atoms with E-state index in [1.165, 1.54) is 5.56 Å². The van der Waals surface area contributed by atoms with Crippen molar-refractivity contribution in [3.63, 3.8) is 0 Å². The van der Waals surface area contributed by atoms with E-state index in [0.29, 0.717) is 6.61 Å². The molecular formula is C23H31N3O2S. The predicted octanol–water partition coefficient (Wildman–Crippen LogP) is 4.44. The average Bonchev–Trinajstić information content (AvgIpc) is 3.24. The molecule has 29 heavy (non-hydrogen) atoms. The van der Waals surface area contributed by atoms with Gasteiger partial charge in [-0.15, -0.1) is 11.3 Å². The maximum absolute atomic E-state index is 13.2. The number of likely N-dealkylation sites (tertiary alicyclic amines) is 1. The van der Waals surface area contributed by atoms with Crippen LogP contribution in [0.25, 0.3) is 0 Å². The second-order valence-corrected chi connectivity index (χ2v) is 9.20. The van der Waals surface area contributed by atoms with Gasteiger partial charge in [-0.25, -0.2) is 4.98 Å². The number of benzene rings is 1. The quantitative estimate of drug-likeness (QED) is 0.787. The smallest absolute Gasteiger partial charge is 0.254 e. The molecule has 4 rings (SSSR count). The highest BCUT2D eigenvalue weighted by atomic mass is 32.1. The number of hydrogen-bond donors (Lipinski definition) is 1. The SMILES string of the molecule is CCNc1nc(C2(c3ccccc3)CCN(C(=O)C3(C)CCCCO3)CC2)cs1. The van der Waals surface area contributed by atoms with Crippen molar-refractivity contribution < 1.29 is 9.53 Å². The number of nitrogens with zero attached hydrogens (tertiary/aromatic N) is 2. The van der Waals surface area contributed by atoms with Gasteiger partial charge in [0.2, 0.25) is 0 Å². The zero-order valence-electron chi connectivity index (χ0n) is 17.4. The highest BCUT2D eigenvalue weighted by Crippen LogP contribution is 2.43. The zero-order chi connectivity index (χ0) is 20.3. The first-order valence-corrected chi connectivity index (χ1v) is 11.6. The Labute approximate surface area is 177 Å². The molecule has 1 aromatic carbocycles. The second-order valence-electron chi connectivity index (χ2n) is 8.34. The number of thiazole rings is 1. The Kier molecular flexibility index (Phi) is 5.93. The van der Waals surface area contributed by atoms with Crippen molar-refractivity contribution in [2.75, 3.05) is 31.6 Å². The van der Waals surface area contributed by atoms with Gasteiger partial charge in [0.15, 0.2) is 5.13 Å². The van der Waals surface area contributed by atoms with Crippen LogP contribution in [0.15, 0.2) is 35.7 Å². The summed E-state index contributed by atoms with van der Waals surface area (Å²) in [6, 6.07) is 10.7. The topological polar surface area (TPSA) is 54.5 Å². The first-order chi connectivity index (χ1) is 14.1. The minimum absolute atomic E-state index is 0.142. The summed E-state index contributed by atoms with van der Waals surface area (Å²) in [6.45, 7) is 7.09. The summed E-state index contributed by atoms with van der Waals surface area (Å²) in [7, 11) is 0. The predicted molar refractivity (Wildman–Crippen MR) is 118 cm³/mol. The van der Waals surface area contributed by atoms with E-state index >= 15 is 0 Å². The first-order valence-electron chi connectivity index (χ1n) is 10.8. The molecule has 1 N–H and O–H groups in total. The number of rotatable bonds is 5. The summed E-state index contributed by atoms with van der Waals surface area (Å²) >= 11 is 1.67. The third-order valence-corrected chi connectivity index (χ3v) is 7.27. The fourth-order valence-corrected chi connectivity index (χ4v) is 5.58. The summed E-state index contributed by atoms with van der Waals surface area (Å²) in [5.41, 5.74) is 1.62. The van der Waals surface area contributed by atoms with E-state index < -0.39 is 5.60 Å². The Morgan fingerprint density at radius 2 is 1.97 bits per heavy atom. The number of amides is 1. The Balaban J connectivity index is 1.57. The van der Waals surface area contributed by atoms with Crippen molar-refractivity contribution in [3.8, 4) is 0 Å². The van der Waals surface area contributed by atoms with Gasteiger partial charge in [0.25, 0.3) is 5.91 Å². The lowest BCUT2D eigenvalue weighted by Gasteiger charge is -2.44. The Morgan fingerprint density at radius 3 is 2.62 bits per heavy atom. The largest absolute Gasteiger partial charge is 0.365 e. The highest BCUT2D eigenvalue weighted by molar-refractivity contribution is 7.13. The number of anilines is 1. The van der Waals surface area contributed by atoms with Gasteiger partial charge in [0.05, 0.1) is 5.69 Å². The third kappa shape index (κ3) is 3.92. The van der Waals surface area contributed by atoms with E-state index in [1.54, 1.807) is 11.3 Å². The lowest BCUT2D eigenvalue weighted by molar-refractivity contribution is -0.163. The van der Waals surface area contributed by atoms with E-state index in [2.05, 4.69) is 48.0 Å². The standard InChI is InChI=1S/C23H31N3O2S/c1-3-24-21-25-19(17-29-21)23(18-9-5-4-6-10-18)12-14-26(15-13-23)20(27)22(2)11-7-8-16-28-22/h4-6,9-10,17H,3,7-8,11-16H2,1-2H3,(H,24,25). The molecule has 0 radical (unpaired) electrons. The molecule has 5 nitrogen and oxygen atoms in total. The maximum Gasteiger partial charge on any atom is 0.254 e. The normalized spacial score (nSPS) is 24.3. The lowest BCUT2D eigenvalue weighted by Crippen LogP contribution is -2.54. The molecule has 1 aromatic heterocycles. The minimum Gasteiger partial charge on any atom is -0.365 e. The molecule has 0 aliphatic carbocycles. The zero-order valence-corrected chi connectivity index (χ0v) is 18.3. The molecule has 1 unspecified atom stereocenters. The Morgan fingerprint density at radius 1 is 1.21 bits per heavy atom. The van der Waals surface area contributed by atoms with Crippen LogP contribution in [-0.4, -0.2) is 47.6 Å². The Bertz CT molecular complexity index is 822. The van der Waals surface area contributed by atoms with Gasteiger partial charge in [0.1, 0.15) is 5.60 Å². The van der Waals surface area contributed by atoms with Crippen LogP contribution in [0, 0.1) is 0 Å². The number of aromatic nitrogens is 1. The molecule has 0 saturated carbocycles. The van der Waals surface area contributed by atoms with Crippen LogP contribution < -0.4 is 5.32 Å².